The summed E-state index contributed by atoms with van der Waals surface area (Å²) in [7, 11) is 0. The number of nitrogens with zero attached hydrogens (tertiary/aromatic N) is 18. The third-order valence-corrected chi connectivity index (χ3v) is 27.0. The summed E-state index contributed by atoms with van der Waals surface area (Å²) in [5.41, 5.74) is 16.0. The predicted molar refractivity (Wildman–Crippen MR) is 572 cm³/mol. The SMILES string of the molecule is [C-]#[N+]c1cc(C#N)cc(-c2ccc3c(c2)c2ccccc2n3-c2cc([N+]#[C-])c(-c3c(C)cccc3C(F)(F)F)cc2-n2c3ccccc3c3cc(-c4cc(C#N)cc([N+]#[C-])c4)ccc32)c1.[C-]#[N+]c1cc(C#N)cc(-c2ccc3c4ccc(-c5cc(C#N)cc([N+]#[C-])c5)cc4n(-c4cc(-c5c(C)cccc5C(F)(F)F)c([N+]#[C-])cc4-n4c5cc(-c6cc(C#N)cc(C#N)c6)ccc5c5ccc(-c6cc([N+]#[C-])cc([N+]#[C-])c6)cc54)c3c2)c1. The van der Waals surface area contributed by atoms with Gasteiger partial charge in [0.1, 0.15) is 0 Å². The first-order valence-electron chi connectivity index (χ1n) is 46.0. The number of aryl methyl sites for hydroxylation is 2. The van der Waals surface area contributed by atoms with Crippen LogP contribution in [0, 0.1) is 134 Å². The minimum Gasteiger partial charge on any atom is -0.308 e. The maximum Gasteiger partial charge on any atom is 0.416 e. The van der Waals surface area contributed by atoms with E-state index in [1.807, 2.05) is 176 Å². The molecule has 0 N–H and O–H groups in total. The maximum atomic E-state index is 15.5. The Hall–Kier alpha value is -22.4. The molecule has 0 atom stereocenters. The number of aromatic nitrogens is 4. The molecule has 24 heteroatoms. The van der Waals surface area contributed by atoms with Crippen LogP contribution in [0.25, 0.3) is 238 Å². The number of fused-ring (bicyclic) bond motifs is 12. The van der Waals surface area contributed by atoms with Gasteiger partial charge < -0.3 is 18.3 Å². The highest BCUT2D eigenvalue weighted by Crippen LogP contribution is 2.53. The number of para-hydroxylation sites is 2. The molecule has 0 aliphatic carbocycles. The summed E-state index contributed by atoms with van der Waals surface area (Å²) < 4.78 is 99.4. The van der Waals surface area contributed by atoms with Crippen LogP contribution in [-0.4, -0.2) is 18.3 Å². The fraction of sp³-hybridized carbons (Fsp3) is 0.0317. The largest absolute Gasteiger partial charge is 0.416 e. The van der Waals surface area contributed by atoms with Crippen molar-refractivity contribution in [3.8, 4) is 148 Å². The van der Waals surface area contributed by atoms with Crippen molar-refractivity contribution >= 4 is 133 Å². The quantitative estimate of drug-likeness (QED) is 0.0861. The molecule has 0 radical (unpaired) electrons. The maximum absolute atomic E-state index is 15.5. The summed E-state index contributed by atoms with van der Waals surface area (Å²) in [6, 6.07) is 107. The molecule has 0 amide bonds. The Labute approximate surface area is 852 Å². The van der Waals surface area contributed by atoms with Crippen molar-refractivity contribution in [2.75, 3.05) is 0 Å². The molecule has 18 aromatic carbocycles. The van der Waals surface area contributed by atoms with Crippen molar-refractivity contribution in [1.82, 2.24) is 18.3 Å². The lowest BCUT2D eigenvalue weighted by Gasteiger charge is -2.22. The minimum absolute atomic E-state index is 0.0298. The zero-order valence-electron chi connectivity index (χ0n) is 78.5. The third kappa shape index (κ3) is 16.3. The van der Waals surface area contributed by atoms with Crippen molar-refractivity contribution in [3.05, 3.63) is 475 Å². The molecule has 0 fully saturated rings. The van der Waals surface area contributed by atoms with E-state index in [4.69, 9.17) is 52.6 Å². The normalized spacial score (nSPS) is 11.1. The van der Waals surface area contributed by atoms with Crippen LogP contribution < -0.4 is 0 Å². The van der Waals surface area contributed by atoms with Gasteiger partial charge in [-0.2, -0.15) is 57.9 Å². The molecule has 4 heterocycles. The Kier molecular flexibility index (Phi) is 23.3. The molecule has 0 bridgehead atoms. The average Bonchev–Trinajstić information content (AvgIpc) is 1.55. The monoisotopic (exact) mass is 1940 g/mol. The van der Waals surface area contributed by atoms with E-state index in [0.717, 1.165) is 66.9 Å². The number of hydrogen-bond acceptors (Lipinski definition) is 6. The Balaban J connectivity index is 0.000000181. The summed E-state index contributed by atoms with van der Waals surface area (Å²) in [5, 5.41) is 66.1. The van der Waals surface area contributed by atoms with Gasteiger partial charge in [0.25, 0.3) is 0 Å². The van der Waals surface area contributed by atoms with Gasteiger partial charge in [0.15, 0.2) is 45.5 Å². The minimum atomic E-state index is -4.87. The van der Waals surface area contributed by atoms with Gasteiger partial charge in [-0.05, 0) is 302 Å². The van der Waals surface area contributed by atoms with Gasteiger partial charge >= 0.3 is 12.4 Å². The molecule has 150 heavy (non-hydrogen) atoms. The van der Waals surface area contributed by atoms with Crippen LogP contribution in [0.2, 0.25) is 0 Å². The second-order valence-electron chi connectivity index (χ2n) is 35.7. The highest BCUT2D eigenvalue weighted by Gasteiger charge is 2.38. The Morgan fingerprint density at radius 3 is 0.753 bits per heavy atom. The number of nitriles is 6. The van der Waals surface area contributed by atoms with Gasteiger partial charge in [0, 0.05) is 65.3 Å². The number of benzene rings is 18. The van der Waals surface area contributed by atoms with Crippen LogP contribution in [0.1, 0.15) is 55.6 Å². The Morgan fingerprint density at radius 1 is 0.213 bits per heavy atom. The third-order valence-electron chi connectivity index (χ3n) is 27.0. The number of hydrogen-bond donors (Lipinski definition) is 0. The van der Waals surface area contributed by atoms with Gasteiger partial charge in [-0.3, -0.25) is 0 Å². The van der Waals surface area contributed by atoms with Gasteiger partial charge in [-0.15, -0.1) is 0 Å². The van der Waals surface area contributed by atoms with E-state index in [1.165, 1.54) is 36.4 Å². The van der Waals surface area contributed by atoms with Crippen LogP contribution in [-0.2, 0) is 12.4 Å². The number of rotatable bonds is 12. The molecule has 0 unspecified atom stereocenters. The molecule has 696 valence electrons. The highest BCUT2D eigenvalue weighted by molar-refractivity contribution is 6.17. The second-order valence-corrected chi connectivity index (χ2v) is 35.7. The molecular weight excluding hydrogens is 1880 g/mol. The second kappa shape index (κ2) is 37.2. The van der Waals surface area contributed by atoms with Crippen LogP contribution in [0.5, 0.6) is 0 Å². The molecule has 0 saturated carbocycles. The first kappa shape index (κ1) is 93.9. The average molecular weight is 1940 g/mol. The van der Waals surface area contributed by atoms with Crippen LogP contribution in [0.15, 0.2) is 328 Å². The van der Waals surface area contributed by atoms with Crippen molar-refractivity contribution in [3.63, 3.8) is 0 Å². The van der Waals surface area contributed by atoms with Crippen molar-refractivity contribution in [1.29, 1.82) is 31.6 Å². The van der Waals surface area contributed by atoms with Gasteiger partial charge in [0.2, 0.25) is 0 Å². The Bertz CT molecular complexity index is 10000. The molecule has 22 rings (SSSR count). The van der Waals surface area contributed by atoms with E-state index in [-0.39, 0.29) is 89.9 Å². The summed E-state index contributed by atoms with van der Waals surface area (Å²) in [5.74, 6) is 0. The highest BCUT2D eigenvalue weighted by atomic mass is 19.4. The molecule has 0 saturated heterocycles. The lowest BCUT2D eigenvalue weighted by Crippen LogP contribution is -2.09. The zero-order valence-corrected chi connectivity index (χ0v) is 78.5. The zero-order chi connectivity index (χ0) is 105. The molecule has 22 aromatic rings. The van der Waals surface area contributed by atoms with Crippen molar-refractivity contribution in [2.45, 2.75) is 26.2 Å². The van der Waals surface area contributed by atoms with Gasteiger partial charge in [0.05, 0.1) is 178 Å². The smallest absolute Gasteiger partial charge is 0.308 e. The summed E-state index contributed by atoms with van der Waals surface area (Å²) in [6.45, 7) is 67.4. The van der Waals surface area contributed by atoms with E-state index in [2.05, 4.69) is 75.2 Å². The predicted octanol–water partition coefficient (Wildman–Crippen LogP) is 35.4. The molecular formula is C126H60F6N18. The Morgan fingerprint density at radius 2 is 0.460 bits per heavy atom. The van der Waals surface area contributed by atoms with Gasteiger partial charge in [-0.1, -0.05) is 140 Å². The van der Waals surface area contributed by atoms with Crippen molar-refractivity contribution in [2.24, 2.45) is 0 Å². The van der Waals surface area contributed by atoms with E-state index in [0.29, 0.717) is 144 Å². The van der Waals surface area contributed by atoms with Crippen LogP contribution in [0.3, 0.4) is 0 Å². The van der Waals surface area contributed by atoms with E-state index < -0.39 is 23.5 Å². The van der Waals surface area contributed by atoms with E-state index in [1.54, 1.807) is 135 Å². The molecule has 0 spiro atoms. The lowest BCUT2D eigenvalue weighted by atomic mass is 9.92. The fourth-order valence-corrected chi connectivity index (χ4v) is 20.5. The summed E-state index contributed by atoms with van der Waals surface area (Å²) in [4.78, 5) is 29.7. The number of halogens is 6. The number of alkyl halides is 6. The molecule has 4 aromatic heterocycles. The van der Waals surface area contributed by atoms with Crippen molar-refractivity contribution < 1.29 is 26.3 Å². The lowest BCUT2D eigenvalue weighted by molar-refractivity contribution is -0.137. The summed E-state index contributed by atoms with van der Waals surface area (Å²) in [6.07, 6.45) is -9.59. The van der Waals surface area contributed by atoms with Crippen LogP contribution >= 0.6 is 0 Å². The van der Waals surface area contributed by atoms with Crippen LogP contribution in [0.4, 0.5) is 71.8 Å². The molecule has 18 nitrogen and oxygen atoms in total. The first-order chi connectivity index (χ1) is 72.7. The van der Waals surface area contributed by atoms with Gasteiger partial charge in [-0.25, -0.2) is 38.8 Å². The van der Waals surface area contributed by atoms with E-state index in [9.17, 15) is 44.7 Å². The first-order valence-corrected chi connectivity index (χ1v) is 46.0. The topological polar surface area (TPSA) is 197 Å². The molecule has 0 aliphatic rings. The molecule has 0 aliphatic heterocycles. The standard InChI is InChI=1S/C71H32F3N11.C55H28F3N7/c1-40-8-7-9-62(71(72,73)74)70(40)61-34-68(84-64-30-46(50-21-43(38-77)23-53(25-50)79-2)11-15-57(64)58-16-12-47(31-65(58)84)51-22-44(39-78)24-54(26-51)80-3)69(35-63(61)83-6)85-66-29-45(49-19-41(36-75)18-42(20-49)37-76)10-14-59(66)60-17-13-48(32-67(60)85)52-27-55(81-4)33-56(28-52)82-5;1-32-10-9-13-46(55(56,57)58)54(32)45-28-52(64-48-14-7-5-11-41(48)43-26-35(16-18-50(43)64)37-20-33(30-59)22-39(24-37)61-2)53(29-47(45)63-4)65-49-15-8-6-12-42(49)44-27-36(17-19-51(44)65)38-21-34(31-60)23-40(25-38)62-3/h7-35H,1H3;5-29H,1H3. The summed E-state index contributed by atoms with van der Waals surface area (Å²) >= 11 is 0. The fourth-order valence-electron chi connectivity index (χ4n) is 20.5. The van der Waals surface area contributed by atoms with E-state index >= 15 is 13.2 Å².